The Kier molecular flexibility index (Phi) is 5.80. The highest BCUT2D eigenvalue weighted by atomic mass is 16.7. The van der Waals surface area contributed by atoms with Crippen molar-refractivity contribution in [3.63, 3.8) is 0 Å². The Morgan fingerprint density at radius 2 is 1.81 bits per heavy atom. The van der Waals surface area contributed by atoms with Gasteiger partial charge in [-0.25, -0.2) is 0 Å². The average molecular weight is 371 g/mol. The number of hydrogen-bond acceptors (Lipinski definition) is 4. The van der Waals surface area contributed by atoms with E-state index in [4.69, 9.17) is 14.0 Å². The molecular formula is C21H30BNO4. The highest BCUT2D eigenvalue weighted by Crippen LogP contribution is 2.39. The molecule has 0 bridgehead atoms. The standard InChI is InChI=1S/C21H30BNO4/c1-16(25-15-17-9-7-6-8-10-17)19(24)23-13-11-18(12-14-23)22-26-20(2,3)21(4,5)27-22/h6-11,16H,12-15H2,1-5H3/t16-/m0/s1. The van der Waals surface area contributed by atoms with Gasteiger partial charge >= 0.3 is 7.12 Å². The Hall–Kier alpha value is -1.63. The average Bonchev–Trinajstić information content (AvgIpc) is 2.87. The van der Waals surface area contributed by atoms with Crippen molar-refractivity contribution in [3.05, 3.63) is 47.4 Å². The Morgan fingerprint density at radius 3 is 2.37 bits per heavy atom. The molecule has 2 aliphatic rings. The Labute approximate surface area is 162 Å². The highest BCUT2D eigenvalue weighted by molar-refractivity contribution is 6.54. The molecule has 0 spiro atoms. The quantitative estimate of drug-likeness (QED) is 0.745. The summed E-state index contributed by atoms with van der Waals surface area (Å²) >= 11 is 0. The fourth-order valence-electron chi connectivity index (χ4n) is 3.22. The third-order valence-corrected chi connectivity index (χ3v) is 5.80. The number of rotatable bonds is 5. The monoisotopic (exact) mass is 371 g/mol. The van der Waals surface area contributed by atoms with Crippen molar-refractivity contribution in [1.82, 2.24) is 4.90 Å². The lowest BCUT2D eigenvalue weighted by atomic mass is 9.74. The summed E-state index contributed by atoms with van der Waals surface area (Å²) in [5, 5.41) is 0. The van der Waals surface area contributed by atoms with Crippen LogP contribution in [0.3, 0.4) is 0 Å². The minimum atomic E-state index is -0.461. The maximum absolute atomic E-state index is 12.7. The summed E-state index contributed by atoms with van der Waals surface area (Å²) in [5.41, 5.74) is 1.51. The molecule has 0 unspecified atom stereocenters. The molecule has 1 saturated heterocycles. The molecule has 3 rings (SSSR count). The van der Waals surface area contributed by atoms with Crippen LogP contribution in [0.25, 0.3) is 0 Å². The van der Waals surface area contributed by atoms with E-state index in [1.165, 1.54) is 0 Å². The van der Waals surface area contributed by atoms with Gasteiger partial charge in [-0.15, -0.1) is 0 Å². The first-order valence-electron chi connectivity index (χ1n) is 9.68. The van der Waals surface area contributed by atoms with Crippen molar-refractivity contribution in [2.24, 2.45) is 0 Å². The van der Waals surface area contributed by atoms with Gasteiger partial charge in [0.25, 0.3) is 5.91 Å². The lowest BCUT2D eigenvalue weighted by molar-refractivity contribution is -0.143. The SMILES string of the molecule is C[C@H](OCc1ccccc1)C(=O)N1CC=C(B2OC(C)(C)C(C)(C)O2)CC1. The van der Waals surface area contributed by atoms with Gasteiger partial charge in [-0.05, 0) is 52.1 Å². The fraction of sp³-hybridized carbons (Fsp3) is 0.571. The number of hydrogen-bond donors (Lipinski definition) is 0. The van der Waals surface area contributed by atoms with E-state index in [-0.39, 0.29) is 24.2 Å². The predicted molar refractivity (Wildman–Crippen MR) is 106 cm³/mol. The lowest BCUT2D eigenvalue weighted by Crippen LogP contribution is -2.42. The Balaban J connectivity index is 1.53. The number of nitrogens with zero attached hydrogens (tertiary/aromatic N) is 1. The lowest BCUT2D eigenvalue weighted by Gasteiger charge is -2.32. The molecule has 1 atom stereocenters. The molecule has 27 heavy (non-hydrogen) atoms. The van der Waals surface area contributed by atoms with E-state index in [2.05, 4.69) is 33.8 Å². The van der Waals surface area contributed by atoms with Gasteiger partial charge in [-0.3, -0.25) is 4.79 Å². The fourth-order valence-corrected chi connectivity index (χ4v) is 3.22. The maximum atomic E-state index is 12.7. The minimum absolute atomic E-state index is 0.0233. The van der Waals surface area contributed by atoms with Crippen LogP contribution in [0.15, 0.2) is 41.9 Å². The molecule has 1 aromatic rings. The van der Waals surface area contributed by atoms with Gasteiger partial charge in [0.1, 0.15) is 6.10 Å². The summed E-state index contributed by atoms with van der Waals surface area (Å²) in [7, 11) is -0.320. The summed E-state index contributed by atoms with van der Waals surface area (Å²) < 4.78 is 18.0. The van der Waals surface area contributed by atoms with E-state index < -0.39 is 6.10 Å². The van der Waals surface area contributed by atoms with Crippen LogP contribution in [-0.4, -0.2) is 48.3 Å². The summed E-state index contributed by atoms with van der Waals surface area (Å²) in [6, 6.07) is 9.90. The second kappa shape index (κ2) is 7.78. The largest absolute Gasteiger partial charge is 0.490 e. The van der Waals surface area contributed by atoms with E-state index >= 15 is 0 Å². The third kappa shape index (κ3) is 4.45. The van der Waals surface area contributed by atoms with Crippen LogP contribution >= 0.6 is 0 Å². The molecule has 2 heterocycles. The molecule has 1 aromatic carbocycles. The zero-order valence-corrected chi connectivity index (χ0v) is 17.0. The van der Waals surface area contributed by atoms with Gasteiger partial charge in [0, 0.05) is 13.1 Å². The number of carbonyl (C=O) groups excluding carboxylic acids is 1. The summed E-state index contributed by atoms with van der Waals surface area (Å²) in [4.78, 5) is 14.5. The number of amides is 1. The van der Waals surface area contributed by atoms with Crippen molar-refractivity contribution in [3.8, 4) is 0 Å². The van der Waals surface area contributed by atoms with Crippen molar-refractivity contribution >= 4 is 13.0 Å². The van der Waals surface area contributed by atoms with E-state index in [0.717, 1.165) is 17.5 Å². The summed E-state index contributed by atoms with van der Waals surface area (Å²) in [6.45, 7) is 11.7. The second-order valence-corrected chi connectivity index (χ2v) is 8.34. The first kappa shape index (κ1) is 20.1. The second-order valence-electron chi connectivity index (χ2n) is 8.34. The van der Waals surface area contributed by atoms with Crippen LogP contribution in [0.2, 0.25) is 0 Å². The van der Waals surface area contributed by atoms with Gasteiger partial charge in [0.05, 0.1) is 17.8 Å². The number of ether oxygens (including phenoxy) is 1. The smallest absolute Gasteiger partial charge is 0.400 e. The van der Waals surface area contributed by atoms with Crippen LogP contribution in [-0.2, 0) is 25.4 Å². The molecule has 1 amide bonds. The third-order valence-electron chi connectivity index (χ3n) is 5.80. The van der Waals surface area contributed by atoms with Gasteiger partial charge in [0.2, 0.25) is 0 Å². The first-order valence-corrected chi connectivity index (χ1v) is 9.68. The summed E-state index contributed by atoms with van der Waals surface area (Å²) in [5.74, 6) is 0.0233. The van der Waals surface area contributed by atoms with Crippen molar-refractivity contribution in [2.75, 3.05) is 13.1 Å². The van der Waals surface area contributed by atoms with Crippen LogP contribution in [0.4, 0.5) is 0 Å². The molecule has 146 valence electrons. The van der Waals surface area contributed by atoms with Crippen molar-refractivity contribution in [1.29, 1.82) is 0 Å². The van der Waals surface area contributed by atoms with E-state index in [1.54, 1.807) is 0 Å². The normalized spacial score (nSPS) is 22.5. The zero-order chi connectivity index (χ0) is 19.7. The number of benzene rings is 1. The van der Waals surface area contributed by atoms with Crippen LogP contribution in [0, 0.1) is 0 Å². The maximum Gasteiger partial charge on any atom is 0.490 e. The molecule has 0 aromatic heterocycles. The molecule has 0 radical (unpaired) electrons. The highest BCUT2D eigenvalue weighted by Gasteiger charge is 2.52. The number of carbonyl (C=O) groups is 1. The molecule has 1 fully saturated rings. The van der Waals surface area contributed by atoms with Gasteiger partial charge in [-0.1, -0.05) is 36.4 Å². The Morgan fingerprint density at radius 1 is 1.19 bits per heavy atom. The summed E-state index contributed by atoms with van der Waals surface area (Å²) in [6.07, 6.45) is 2.36. The first-order chi connectivity index (χ1) is 12.7. The Bertz CT molecular complexity index is 685. The van der Waals surface area contributed by atoms with Crippen LogP contribution < -0.4 is 0 Å². The molecular weight excluding hydrogens is 341 g/mol. The van der Waals surface area contributed by atoms with Gasteiger partial charge in [-0.2, -0.15) is 0 Å². The van der Waals surface area contributed by atoms with Crippen molar-refractivity contribution in [2.45, 2.75) is 65.0 Å². The molecule has 6 heteroatoms. The van der Waals surface area contributed by atoms with E-state index in [1.807, 2.05) is 42.2 Å². The van der Waals surface area contributed by atoms with Gasteiger partial charge < -0.3 is 18.9 Å². The topological polar surface area (TPSA) is 48.0 Å². The van der Waals surface area contributed by atoms with Gasteiger partial charge in [0.15, 0.2) is 0 Å². The molecule has 0 saturated carbocycles. The molecule has 5 nitrogen and oxygen atoms in total. The minimum Gasteiger partial charge on any atom is -0.400 e. The predicted octanol–water partition coefficient (Wildman–Crippen LogP) is 3.38. The molecule has 0 N–H and O–H groups in total. The molecule has 0 aliphatic carbocycles. The van der Waals surface area contributed by atoms with E-state index in [0.29, 0.717) is 19.7 Å². The molecule has 2 aliphatic heterocycles. The van der Waals surface area contributed by atoms with Crippen LogP contribution in [0.5, 0.6) is 0 Å². The zero-order valence-electron chi connectivity index (χ0n) is 17.0. The van der Waals surface area contributed by atoms with Crippen LogP contribution in [0.1, 0.15) is 46.6 Å². The van der Waals surface area contributed by atoms with Crippen molar-refractivity contribution < 1.29 is 18.8 Å². The van der Waals surface area contributed by atoms with E-state index in [9.17, 15) is 4.79 Å².